The lowest BCUT2D eigenvalue weighted by Gasteiger charge is -2.09. The summed E-state index contributed by atoms with van der Waals surface area (Å²) in [6.45, 7) is 10.4. The predicted octanol–water partition coefficient (Wildman–Crippen LogP) is 4.34. The summed E-state index contributed by atoms with van der Waals surface area (Å²) in [4.78, 5) is 4.68. The van der Waals surface area contributed by atoms with Gasteiger partial charge in [0.15, 0.2) is 0 Å². The van der Waals surface area contributed by atoms with Crippen molar-refractivity contribution < 1.29 is 4.74 Å². The Hall–Kier alpha value is -1.39. The van der Waals surface area contributed by atoms with Crippen molar-refractivity contribution >= 4 is 11.3 Å². The van der Waals surface area contributed by atoms with Crippen molar-refractivity contribution in [1.82, 2.24) is 10.3 Å². The van der Waals surface area contributed by atoms with Crippen LogP contribution in [0.4, 0.5) is 0 Å². The predicted molar refractivity (Wildman–Crippen MR) is 89.9 cm³/mol. The summed E-state index contributed by atoms with van der Waals surface area (Å²) >= 11 is 1.71. The van der Waals surface area contributed by atoms with Gasteiger partial charge in [-0.25, -0.2) is 4.98 Å². The molecule has 1 N–H and O–H groups in total. The first-order valence-corrected chi connectivity index (χ1v) is 8.34. The molecule has 2 rings (SSSR count). The molecule has 3 nitrogen and oxygen atoms in total. The number of thiazole rings is 1. The molecule has 0 aliphatic carbocycles. The number of rotatable bonds is 7. The lowest BCUT2D eigenvalue weighted by Crippen LogP contribution is -2.18. The van der Waals surface area contributed by atoms with Gasteiger partial charge in [0, 0.05) is 17.5 Å². The molecule has 0 amide bonds. The molecule has 4 heteroatoms. The molecule has 0 aliphatic heterocycles. The minimum Gasteiger partial charge on any atom is -0.491 e. The van der Waals surface area contributed by atoms with Crippen LogP contribution in [0.5, 0.6) is 5.75 Å². The number of hydrogen-bond acceptors (Lipinski definition) is 4. The fourth-order valence-electron chi connectivity index (χ4n) is 1.97. The molecule has 0 saturated heterocycles. The minimum atomic E-state index is 0.203. The average molecular weight is 304 g/mol. The van der Waals surface area contributed by atoms with Gasteiger partial charge in [0.1, 0.15) is 10.8 Å². The quantitative estimate of drug-likeness (QED) is 0.826. The highest BCUT2D eigenvalue weighted by Crippen LogP contribution is 2.24. The smallest absolute Gasteiger partial charge is 0.119 e. The number of nitrogens with one attached hydrogen (secondary N) is 1. The normalized spacial score (nSPS) is 11.3. The highest BCUT2D eigenvalue weighted by molar-refractivity contribution is 7.09. The van der Waals surface area contributed by atoms with Crippen molar-refractivity contribution in [2.24, 2.45) is 5.92 Å². The van der Waals surface area contributed by atoms with Crippen LogP contribution < -0.4 is 10.1 Å². The van der Waals surface area contributed by atoms with E-state index in [0.717, 1.165) is 35.1 Å². The third-order valence-electron chi connectivity index (χ3n) is 2.90. The van der Waals surface area contributed by atoms with Gasteiger partial charge in [0.05, 0.1) is 11.8 Å². The fourth-order valence-corrected chi connectivity index (χ4v) is 2.74. The van der Waals surface area contributed by atoms with Crippen molar-refractivity contribution in [3.63, 3.8) is 0 Å². The first-order chi connectivity index (χ1) is 10.0. The summed E-state index contributed by atoms with van der Waals surface area (Å²) in [5.41, 5.74) is 2.18. The van der Waals surface area contributed by atoms with E-state index in [1.54, 1.807) is 11.3 Å². The number of ether oxygens (including phenoxy) is 1. The van der Waals surface area contributed by atoms with Crippen LogP contribution in [0.15, 0.2) is 29.6 Å². The van der Waals surface area contributed by atoms with E-state index in [9.17, 15) is 0 Å². The van der Waals surface area contributed by atoms with Crippen molar-refractivity contribution in [3.05, 3.63) is 34.7 Å². The fraction of sp³-hybridized carbons (Fsp3) is 0.471. The SMILES string of the molecule is CC(C)CNCc1nc(-c2ccc(OC(C)C)cc2)cs1. The monoisotopic (exact) mass is 304 g/mol. The molecule has 1 aromatic heterocycles. The Labute approximate surface area is 131 Å². The van der Waals surface area contributed by atoms with Gasteiger partial charge in [-0.15, -0.1) is 11.3 Å². The largest absolute Gasteiger partial charge is 0.491 e. The van der Waals surface area contributed by atoms with Gasteiger partial charge < -0.3 is 10.1 Å². The molecule has 0 radical (unpaired) electrons. The summed E-state index contributed by atoms with van der Waals surface area (Å²) < 4.78 is 5.66. The van der Waals surface area contributed by atoms with Crippen molar-refractivity contribution in [1.29, 1.82) is 0 Å². The summed E-state index contributed by atoms with van der Waals surface area (Å²) in [6, 6.07) is 8.15. The molecule has 21 heavy (non-hydrogen) atoms. The number of aromatic nitrogens is 1. The van der Waals surface area contributed by atoms with Crippen LogP contribution in [-0.2, 0) is 6.54 Å². The van der Waals surface area contributed by atoms with Crippen LogP contribution >= 0.6 is 11.3 Å². The standard InChI is InChI=1S/C17H24N2OS/c1-12(2)9-18-10-17-19-16(11-21-17)14-5-7-15(8-6-14)20-13(3)4/h5-8,11-13,18H,9-10H2,1-4H3. The Balaban J connectivity index is 1.97. The molecule has 1 aromatic carbocycles. The van der Waals surface area contributed by atoms with E-state index in [2.05, 4.69) is 41.7 Å². The topological polar surface area (TPSA) is 34.2 Å². The number of hydrogen-bond donors (Lipinski definition) is 1. The molecule has 0 atom stereocenters. The summed E-state index contributed by atoms with van der Waals surface area (Å²) in [5, 5.41) is 6.67. The van der Waals surface area contributed by atoms with Crippen molar-refractivity contribution in [3.8, 4) is 17.0 Å². The molecule has 0 aliphatic rings. The first-order valence-electron chi connectivity index (χ1n) is 7.47. The molecular formula is C17H24N2OS. The molecule has 0 bridgehead atoms. The van der Waals surface area contributed by atoms with Crippen LogP contribution in [0.25, 0.3) is 11.3 Å². The molecule has 114 valence electrons. The van der Waals surface area contributed by atoms with Crippen LogP contribution in [0.2, 0.25) is 0 Å². The lowest BCUT2D eigenvalue weighted by molar-refractivity contribution is 0.242. The van der Waals surface area contributed by atoms with Crippen LogP contribution in [0.1, 0.15) is 32.7 Å². The molecule has 0 spiro atoms. The molecule has 0 fully saturated rings. The maximum atomic E-state index is 5.66. The maximum absolute atomic E-state index is 5.66. The third kappa shape index (κ3) is 5.14. The van der Waals surface area contributed by atoms with Crippen LogP contribution in [0, 0.1) is 5.92 Å². The van der Waals surface area contributed by atoms with Crippen molar-refractivity contribution in [2.75, 3.05) is 6.54 Å². The molecular weight excluding hydrogens is 280 g/mol. The van der Waals surface area contributed by atoms with Crippen LogP contribution in [0.3, 0.4) is 0 Å². The highest BCUT2D eigenvalue weighted by atomic mass is 32.1. The Kier molecular flexibility index (Phi) is 5.76. The second kappa shape index (κ2) is 7.57. The van der Waals surface area contributed by atoms with Crippen molar-refractivity contribution in [2.45, 2.75) is 40.3 Å². The first kappa shape index (κ1) is 16.0. The highest BCUT2D eigenvalue weighted by Gasteiger charge is 2.05. The van der Waals surface area contributed by atoms with E-state index >= 15 is 0 Å². The van der Waals surface area contributed by atoms with E-state index in [1.807, 2.05) is 26.0 Å². The van der Waals surface area contributed by atoms with Crippen LogP contribution in [-0.4, -0.2) is 17.6 Å². The Bertz CT molecular complexity index is 546. The summed E-state index contributed by atoms with van der Waals surface area (Å²) in [6.07, 6.45) is 0.203. The molecule has 2 aromatic rings. The molecule has 0 unspecified atom stereocenters. The minimum absolute atomic E-state index is 0.203. The zero-order chi connectivity index (χ0) is 15.2. The van der Waals surface area contributed by atoms with Gasteiger partial charge in [-0.2, -0.15) is 0 Å². The van der Waals surface area contributed by atoms with E-state index < -0.39 is 0 Å². The lowest BCUT2D eigenvalue weighted by atomic mass is 10.2. The van der Waals surface area contributed by atoms with Gasteiger partial charge in [0.25, 0.3) is 0 Å². The molecule has 1 heterocycles. The van der Waals surface area contributed by atoms with E-state index in [1.165, 1.54) is 0 Å². The zero-order valence-corrected chi connectivity index (χ0v) is 14.0. The average Bonchev–Trinajstić information content (AvgIpc) is 2.87. The number of benzene rings is 1. The zero-order valence-electron chi connectivity index (χ0n) is 13.2. The van der Waals surface area contributed by atoms with Gasteiger partial charge >= 0.3 is 0 Å². The Morgan fingerprint density at radius 3 is 2.48 bits per heavy atom. The van der Waals surface area contributed by atoms with Gasteiger partial charge in [-0.05, 0) is 50.6 Å². The number of nitrogens with zero attached hydrogens (tertiary/aromatic N) is 1. The second-order valence-corrected chi connectivity index (χ2v) is 6.78. The Morgan fingerprint density at radius 1 is 1.14 bits per heavy atom. The molecule has 0 saturated carbocycles. The van der Waals surface area contributed by atoms with E-state index in [0.29, 0.717) is 5.92 Å². The van der Waals surface area contributed by atoms with Gasteiger partial charge in [-0.1, -0.05) is 13.8 Å². The summed E-state index contributed by atoms with van der Waals surface area (Å²) in [5.74, 6) is 1.57. The van der Waals surface area contributed by atoms with E-state index in [-0.39, 0.29) is 6.10 Å². The maximum Gasteiger partial charge on any atom is 0.119 e. The van der Waals surface area contributed by atoms with E-state index in [4.69, 9.17) is 4.74 Å². The third-order valence-corrected chi connectivity index (χ3v) is 3.75. The van der Waals surface area contributed by atoms with Gasteiger partial charge in [-0.3, -0.25) is 0 Å². The second-order valence-electron chi connectivity index (χ2n) is 5.84. The Morgan fingerprint density at radius 2 is 1.86 bits per heavy atom. The summed E-state index contributed by atoms with van der Waals surface area (Å²) in [7, 11) is 0. The van der Waals surface area contributed by atoms with Gasteiger partial charge in [0.2, 0.25) is 0 Å².